The summed E-state index contributed by atoms with van der Waals surface area (Å²) in [6.45, 7) is 11.8. The largest absolute Gasteiger partial charge is 0.374 e. The summed E-state index contributed by atoms with van der Waals surface area (Å²) in [4.78, 5) is 6.16. The number of nitrogens with zero attached hydrogens (tertiary/aromatic N) is 1. The lowest BCUT2D eigenvalue weighted by Crippen LogP contribution is -2.35. The van der Waals surface area contributed by atoms with E-state index in [0.717, 1.165) is 30.8 Å². The van der Waals surface area contributed by atoms with Crippen molar-refractivity contribution in [2.24, 2.45) is 0 Å². The molecule has 3 nitrogen and oxygen atoms in total. The molecule has 0 aliphatic rings. The lowest BCUT2D eigenvalue weighted by atomic mass is 10.1. The van der Waals surface area contributed by atoms with Crippen molar-refractivity contribution in [2.75, 3.05) is 7.11 Å². The van der Waals surface area contributed by atoms with Gasteiger partial charge in [0.1, 0.15) is 11.1 Å². The van der Waals surface area contributed by atoms with Crippen LogP contribution in [0.5, 0.6) is 0 Å². The second kappa shape index (κ2) is 7.36. The number of aryl methyl sites for hydroxylation is 1. The van der Waals surface area contributed by atoms with Gasteiger partial charge in [-0.1, -0.05) is 20.3 Å². The van der Waals surface area contributed by atoms with Gasteiger partial charge < -0.3 is 10.1 Å². The van der Waals surface area contributed by atoms with Crippen LogP contribution in [0.1, 0.15) is 69.1 Å². The third kappa shape index (κ3) is 5.21. The van der Waals surface area contributed by atoms with E-state index in [1.807, 2.05) is 0 Å². The summed E-state index contributed by atoms with van der Waals surface area (Å²) in [5.74, 6) is 0. The highest BCUT2D eigenvalue weighted by Gasteiger charge is 2.18. The van der Waals surface area contributed by atoms with Gasteiger partial charge in [-0.05, 0) is 33.6 Å². The summed E-state index contributed by atoms with van der Waals surface area (Å²) < 4.78 is 5.50. The Morgan fingerprint density at radius 3 is 2.47 bits per heavy atom. The molecule has 0 bridgehead atoms. The first-order chi connectivity index (χ1) is 8.91. The first-order valence-electron chi connectivity index (χ1n) is 7.17. The monoisotopic (exact) mass is 284 g/mol. The molecule has 0 amide bonds. The van der Waals surface area contributed by atoms with Crippen LogP contribution in [0.4, 0.5) is 0 Å². The van der Waals surface area contributed by atoms with Crippen LogP contribution < -0.4 is 5.32 Å². The van der Waals surface area contributed by atoms with Crippen LogP contribution in [0.2, 0.25) is 0 Å². The smallest absolute Gasteiger partial charge is 0.122 e. The van der Waals surface area contributed by atoms with Crippen LogP contribution >= 0.6 is 11.3 Å². The van der Waals surface area contributed by atoms with E-state index in [4.69, 9.17) is 9.72 Å². The topological polar surface area (TPSA) is 34.1 Å². The molecule has 0 radical (unpaired) electrons. The number of methoxy groups -OCH3 is 1. The van der Waals surface area contributed by atoms with Crippen molar-refractivity contribution in [3.63, 3.8) is 0 Å². The van der Waals surface area contributed by atoms with E-state index in [2.05, 4.69) is 39.9 Å². The number of aromatic nitrogens is 1. The number of thiazole rings is 1. The minimum absolute atomic E-state index is 0.138. The van der Waals surface area contributed by atoms with Crippen LogP contribution in [-0.4, -0.2) is 17.6 Å². The van der Waals surface area contributed by atoms with E-state index >= 15 is 0 Å². The zero-order chi connectivity index (χ0) is 14.5. The minimum Gasteiger partial charge on any atom is -0.374 e. The van der Waals surface area contributed by atoms with Crippen molar-refractivity contribution in [1.29, 1.82) is 0 Å². The Kier molecular flexibility index (Phi) is 6.43. The molecule has 0 aromatic carbocycles. The zero-order valence-corrected chi connectivity index (χ0v) is 14.0. The second-order valence-electron chi connectivity index (χ2n) is 5.91. The highest BCUT2D eigenvalue weighted by Crippen LogP contribution is 2.29. The Morgan fingerprint density at radius 2 is 2.00 bits per heavy atom. The number of nitrogens with one attached hydrogen (secondary N) is 1. The van der Waals surface area contributed by atoms with Gasteiger partial charge >= 0.3 is 0 Å². The Balaban J connectivity index is 2.88. The molecule has 0 saturated heterocycles. The average molecular weight is 284 g/mol. The van der Waals surface area contributed by atoms with Gasteiger partial charge in [-0.15, -0.1) is 11.3 Å². The maximum Gasteiger partial charge on any atom is 0.122 e. The standard InChI is InChI=1S/C15H28N2OS/c1-7-9-11-13(10-16-15(3,4)5)19-14(17-11)12(8-2)18-6/h12,16H,7-10H2,1-6H3. The highest BCUT2D eigenvalue weighted by atomic mass is 32.1. The molecule has 19 heavy (non-hydrogen) atoms. The normalized spacial score (nSPS) is 13.8. The Bertz CT molecular complexity index is 378. The van der Waals surface area contributed by atoms with E-state index < -0.39 is 0 Å². The summed E-state index contributed by atoms with van der Waals surface area (Å²) in [5.41, 5.74) is 1.38. The molecule has 0 aliphatic carbocycles. The molecule has 0 aliphatic heterocycles. The number of hydrogen-bond donors (Lipinski definition) is 1. The molecule has 1 heterocycles. The van der Waals surface area contributed by atoms with E-state index in [-0.39, 0.29) is 11.6 Å². The summed E-state index contributed by atoms with van der Waals surface area (Å²) in [5, 5.41) is 4.68. The van der Waals surface area contributed by atoms with Gasteiger partial charge in [0, 0.05) is 24.1 Å². The van der Waals surface area contributed by atoms with Gasteiger partial charge in [0.25, 0.3) is 0 Å². The Hall–Kier alpha value is -0.450. The predicted molar refractivity (Wildman–Crippen MR) is 82.7 cm³/mol. The lowest BCUT2D eigenvalue weighted by molar-refractivity contribution is 0.0996. The van der Waals surface area contributed by atoms with E-state index in [1.54, 1.807) is 18.4 Å². The molecule has 0 spiro atoms. The highest BCUT2D eigenvalue weighted by molar-refractivity contribution is 7.11. The van der Waals surface area contributed by atoms with Crippen molar-refractivity contribution in [1.82, 2.24) is 10.3 Å². The summed E-state index contributed by atoms with van der Waals surface area (Å²) in [6, 6.07) is 0. The van der Waals surface area contributed by atoms with Gasteiger partial charge in [0.05, 0.1) is 5.69 Å². The van der Waals surface area contributed by atoms with E-state index in [9.17, 15) is 0 Å². The van der Waals surface area contributed by atoms with Gasteiger partial charge in [-0.25, -0.2) is 4.98 Å². The van der Waals surface area contributed by atoms with Crippen molar-refractivity contribution in [2.45, 2.75) is 72.1 Å². The molecule has 1 N–H and O–H groups in total. The molecule has 0 saturated carbocycles. The van der Waals surface area contributed by atoms with Gasteiger partial charge in [-0.3, -0.25) is 0 Å². The van der Waals surface area contributed by atoms with Crippen molar-refractivity contribution < 1.29 is 4.74 Å². The average Bonchev–Trinajstić information content (AvgIpc) is 2.71. The molecule has 1 unspecified atom stereocenters. The molecule has 1 aromatic rings. The number of hydrogen-bond acceptors (Lipinski definition) is 4. The molecular formula is C15H28N2OS. The quantitative estimate of drug-likeness (QED) is 0.819. The third-order valence-electron chi connectivity index (χ3n) is 2.99. The molecule has 110 valence electrons. The third-order valence-corrected chi connectivity index (χ3v) is 4.18. The maximum atomic E-state index is 5.50. The van der Waals surface area contributed by atoms with Gasteiger partial charge in [-0.2, -0.15) is 0 Å². The molecule has 4 heteroatoms. The van der Waals surface area contributed by atoms with Crippen molar-refractivity contribution >= 4 is 11.3 Å². The first-order valence-corrected chi connectivity index (χ1v) is 7.99. The molecule has 0 fully saturated rings. The van der Waals surface area contributed by atoms with Crippen LogP contribution in [-0.2, 0) is 17.7 Å². The first kappa shape index (κ1) is 16.6. The summed E-state index contributed by atoms with van der Waals surface area (Å²) >= 11 is 1.80. The Morgan fingerprint density at radius 1 is 1.32 bits per heavy atom. The Labute approximate surface area is 121 Å². The van der Waals surface area contributed by atoms with E-state index in [0.29, 0.717) is 0 Å². The summed E-state index contributed by atoms with van der Waals surface area (Å²) in [6.07, 6.45) is 3.30. The van der Waals surface area contributed by atoms with Crippen molar-refractivity contribution in [3.8, 4) is 0 Å². The van der Waals surface area contributed by atoms with Crippen LogP contribution in [0.15, 0.2) is 0 Å². The molecule has 1 aromatic heterocycles. The van der Waals surface area contributed by atoms with E-state index in [1.165, 1.54) is 10.6 Å². The number of rotatable bonds is 7. The lowest BCUT2D eigenvalue weighted by Gasteiger charge is -2.20. The second-order valence-corrected chi connectivity index (χ2v) is 7.02. The van der Waals surface area contributed by atoms with Crippen LogP contribution in [0, 0.1) is 0 Å². The van der Waals surface area contributed by atoms with Crippen LogP contribution in [0.25, 0.3) is 0 Å². The SMILES string of the molecule is CCCc1nc(C(CC)OC)sc1CNC(C)(C)C. The summed E-state index contributed by atoms with van der Waals surface area (Å²) in [7, 11) is 1.77. The van der Waals surface area contributed by atoms with Crippen LogP contribution in [0.3, 0.4) is 0 Å². The van der Waals surface area contributed by atoms with Gasteiger partial charge in [0.2, 0.25) is 0 Å². The van der Waals surface area contributed by atoms with Gasteiger partial charge in [0.15, 0.2) is 0 Å². The number of ether oxygens (including phenoxy) is 1. The predicted octanol–water partition coefficient (Wildman–Crippen LogP) is 4.08. The fraction of sp³-hybridized carbons (Fsp3) is 0.800. The molecule has 1 atom stereocenters. The maximum absolute atomic E-state index is 5.50. The molecular weight excluding hydrogens is 256 g/mol. The fourth-order valence-corrected chi connectivity index (χ4v) is 3.11. The van der Waals surface area contributed by atoms with Crippen molar-refractivity contribution in [3.05, 3.63) is 15.6 Å². The molecule has 1 rings (SSSR count). The minimum atomic E-state index is 0.138. The fourth-order valence-electron chi connectivity index (χ4n) is 1.90. The zero-order valence-electron chi connectivity index (χ0n) is 13.2.